The topological polar surface area (TPSA) is 82.8 Å². The van der Waals surface area contributed by atoms with E-state index in [2.05, 4.69) is 9.71 Å². The van der Waals surface area contributed by atoms with Crippen molar-refractivity contribution in [1.82, 2.24) is 9.71 Å². The van der Waals surface area contributed by atoms with Gasteiger partial charge in [0.15, 0.2) is 0 Å². The summed E-state index contributed by atoms with van der Waals surface area (Å²) in [6, 6.07) is 11.5. The minimum absolute atomic E-state index is 0.103. The predicted molar refractivity (Wildman–Crippen MR) is 74.3 cm³/mol. The number of rotatable bonds is 5. The molecule has 20 heavy (non-hydrogen) atoms. The fourth-order valence-corrected chi connectivity index (χ4v) is 2.77. The largest absolute Gasteiger partial charge is 0.265 e. The molecular weight excluding hydrogens is 274 g/mol. The fraction of sp³-hybridized carbons (Fsp3) is 0.143. The lowest BCUT2D eigenvalue weighted by atomic mass is 10.2. The molecule has 102 valence electrons. The zero-order chi connectivity index (χ0) is 14.4. The van der Waals surface area contributed by atoms with Crippen molar-refractivity contribution in [1.29, 1.82) is 5.26 Å². The van der Waals surface area contributed by atoms with Gasteiger partial charge in [0.25, 0.3) is 0 Å². The van der Waals surface area contributed by atoms with E-state index in [1.165, 1.54) is 12.1 Å². The van der Waals surface area contributed by atoms with Gasteiger partial charge in [-0.2, -0.15) is 5.26 Å². The summed E-state index contributed by atoms with van der Waals surface area (Å²) in [6.07, 6.45) is 3.92. The molecular formula is C14H13N3O2S. The van der Waals surface area contributed by atoms with Crippen LogP contribution in [0.1, 0.15) is 11.1 Å². The van der Waals surface area contributed by atoms with Crippen molar-refractivity contribution in [3.63, 3.8) is 0 Å². The van der Waals surface area contributed by atoms with E-state index in [1.807, 2.05) is 18.2 Å². The second-order valence-electron chi connectivity index (χ2n) is 4.14. The van der Waals surface area contributed by atoms with Crippen molar-refractivity contribution in [2.75, 3.05) is 6.54 Å². The van der Waals surface area contributed by atoms with E-state index < -0.39 is 10.0 Å². The Morgan fingerprint density at radius 3 is 2.65 bits per heavy atom. The average molecular weight is 287 g/mol. The number of nitrogens with zero attached hydrogens (tertiary/aromatic N) is 2. The monoisotopic (exact) mass is 287 g/mol. The van der Waals surface area contributed by atoms with Gasteiger partial charge in [0.05, 0.1) is 16.5 Å². The Kier molecular flexibility index (Phi) is 4.45. The van der Waals surface area contributed by atoms with Crippen LogP contribution in [0.4, 0.5) is 0 Å². The Hall–Kier alpha value is -2.23. The predicted octanol–water partition coefficient (Wildman–Crippen LogP) is 1.47. The van der Waals surface area contributed by atoms with Crippen molar-refractivity contribution in [2.45, 2.75) is 11.3 Å². The molecule has 0 unspecified atom stereocenters. The van der Waals surface area contributed by atoms with Gasteiger partial charge in [-0.25, -0.2) is 13.1 Å². The van der Waals surface area contributed by atoms with Gasteiger partial charge < -0.3 is 0 Å². The van der Waals surface area contributed by atoms with Crippen molar-refractivity contribution in [3.05, 3.63) is 59.9 Å². The molecule has 1 aromatic heterocycles. The molecule has 0 fully saturated rings. The first-order valence-corrected chi connectivity index (χ1v) is 7.49. The molecule has 0 atom stereocenters. The second-order valence-corrected chi connectivity index (χ2v) is 5.91. The quantitative estimate of drug-likeness (QED) is 0.902. The van der Waals surface area contributed by atoms with Gasteiger partial charge in [-0.1, -0.05) is 6.07 Å². The fourth-order valence-electron chi connectivity index (χ4n) is 1.70. The van der Waals surface area contributed by atoms with Crippen LogP contribution in [0.15, 0.2) is 53.7 Å². The van der Waals surface area contributed by atoms with Crippen LogP contribution < -0.4 is 4.72 Å². The molecule has 5 nitrogen and oxygen atoms in total. The highest BCUT2D eigenvalue weighted by atomic mass is 32.2. The maximum atomic E-state index is 12.1. The molecule has 0 saturated carbocycles. The SMILES string of the molecule is N#Cc1cccc(S(=O)(=O)NCCc2ccncc2)c1. The number of sulfonamides is 1. The highest BCUT2D eigenvalue weighted by molar-refractivity contribution is 7.89. The standard InChI is InChI=1S/C14H13N3O2S/c15-11-13-2-1-3-14(10-13)20(18,19)17-9-6-12-4-7-16-8-5-12/h1-5,7-8,10,17H,6,9H2. The average Bonchev–Trinajstić information content (AvgIpc) is 2.48. The van der Waals surface area contributed by atoms with Crippen molar-refractivity contribution >= 4 is 10.0 Å². The Morgan fingerprint density at radius 2 is 1.95 bits per heavy atom. The number of nitrogens with one attached hydrogen (secondary N) is 1. The van der Waals surface area contributed by atoms with Gasteiger partial charge in [0.2, 0.25) is 10.0 Å². The van der Waals surface area contributed by atoms with Crippen LogP contribution in [0.2, 0.25) is 0 Å². The number of aromatic nitrogens is 1. The number of pyridine rings is 1. The van der Waals surface area contributed by atoms with Crippen LogP contribution >= 0.6 is 0 Å². The highest BCUT2D eigenvalue weighted by Gasteiger charge is 2.13. The second kappa shape index (κ2) is 6.28. The summed E-state index contributed by atoms with van der Waals surface area (Å²) in [4.78, 5) is 4.00. The summed E-state index contributed by atoms with van der Waals surface area (Å²) in [6.45, 7) is 0.295. The highest BCUT2D eigenvalue weighted by Crippen LogP contribution is 2.10. The minimum atomic E-state index is -3.58. The molecule has 2 aromatic rings. The number of hydrogen-bond donors (Lipinski definition) is 1. The van der Waals surface area contributed by atoms with Crippen LogP contribution in [0.3, 0.4) is 0 Å². The van der Waals surface area contributed by atoms with E-state index in [9.17, 15) is 8.42 Å². The van der Waals surface area contributed by atoms with E-state index in [4.69, 9.17) is 5.26 Å². The lowest BCUT2D eigenvalue weighted by Gasteiger charge is -2.07. The molecule has 0 saturated heterocycles. The first-order valence-electron chi connectivity index (χ1n) is 6.00. The summed E-state index contributed by atoms with van der Waals surface area (Å²) >= 11 is 0. The third-order valence-corrected chi connectivity index (χ3v) is 4.19. The van der Waals surface area contributed by atoms with Crippen molar-refractivity contribution in [3.8, 4) is 6.07 Å². The number of benzene rings is 1. The van der Waals surface area contributed by atoms with E-state index in [0.717, 1.165) is 5.56 Å². The molecule has 0 aliphatic heterocycles. The molecule has 0 aliphatic rings. The van der Waals surface area contributed by atoms with Gasteiger partial charge >= 0.3 is 0 Å². The van der Waals surface area contributed by atoms with Crippen LogP contribution in [-0.2, 0) is 16.4 Å². The summed E-state index contributed by atoms with van der Waals surface area (Å²) in [5.74, 6) is 0. The first-order chi connectivity index (χ1) is 9.62. The summed E-state index contributed by atoms with van der Waals surface area (Å²) in [5, 5.41) is 8.78. The lowest BCUT2D eigenvalue weighted by Crippen LogP contribution is -2.26. The molecule has 1 heterocycles. The van der Waals surface area contributed by atoms with Crippen molar-refractivity contribution < 1.29 is 8.42 Å². The first kappa shape index (κ1) is 14.2. The maximum absolute atomic E-state index is 12.1. The molecule has 1 aromatic carbocycles. The van der Waals surface area contributed by atoms with Gasteiger partial charge in [-0.15, -0.1) is 0 Å². The third-order valence-electron chi connectivity index (χ3n) is 2.73. The zero-order valence-electron chi connectivity index (χ0n) is 10.7. The van der Waals surface area contributed by atoms with E-state index in [1.54, 1.807) is 24.5 Å². The van der Waals surface area contributed by atoms with E-state index >= 15 is 0 Å². The molecule has 0 spiro atoms. The zero-order valence-corrected chi connectivity index (χ0v) is 11.5. The van der Waals surface area contributed by atoms with Gasteiger partial charge in [-0.3, -0.25) is 4.98 Å². The normalized spacial score (nSPS) is 10.9. The summed E-state index contributed by atoms with van der Waals surface area (Å²) in [7, 11) is -3.58. The Balaban J connectivity index is 2.02. The smallest absolute Gasteiger partial charge is 0.240 e. The molecule has 0 amide bonds. The number of hydrogen-bond acceptors (Lipinski definition) is 4. The van der Waals surface area contributed by atoms with Crippen LogP contribution in [-0.4, -0.2) is 19.9 Å². The molecule has 0 aliphatic carbocycles. The summed E-state index contributed by atoms with van der Waals surface area (Å²) in [5.41, 5.74) is 1.33. The summed E-state index contributed by atoms with van der Waals surface area (Å²) < 4.78 is 26.6. The molecule has 1 N–H and O–H groups in total. The lowest BCUT2D eigenvalue weighted by molar-refractivity contribution is 0.581. The van der Waals surface area contributed by atoms with Crippen LogP contribution in [0.25, 0.3) is 0 Å². The van der Waals surface area contributed by atoms with E-state index in [-0.39, 0.29) is 4.90 Å². The molecule has 0 radical (unpaired) electrons. The Morgan fingerprint density at radius 1 is 1.20 bits per heavy atom. The van der Waals surface area contributed by atoms with Crippen LogP contribution in [0, 0.1) is 11.3 Å². The minimum Gasteiger partial charge on any atom is -0.265 e. The number of nitriles is 1. The van der Waals surface area contributed by atoms with Gasteiger partial charge in [0.1, 0.15) is 0 Å². The third kappa shape index (κ3) is 3.63. The van der Waals surface area contributed by atoms with Crippen molar-refractivity contribution in [2.24, 2.45) is 0 Å². The Labute approximate surface area is 118 Å². The van der Waals surface area contributed by atoms with Gasteiger partial charge in [-0.05, 0) is 42.3 Å². The molecule has 2 rings (SSSR count). The molecule has 6 heteroatoms. The van der Waals surface area contributed by atoms with Gasteiger partial charge in [0, 0.05) is 18.9 Å². The molecule has 0 bridgehead atoms. The maximum Gasteiger partial charge on any atom is 0.240 e. The van der Waals surface area contributed by atoms with E-state index in [0.29, 0.717) is 18.5 Å². The Bertz CT molecular complexity index is 722. The van der Waals surface area contributed by atoms with Crippen LogP contribution in [0.5, 0.6) is 0 Å².